The van der Waals surface area contributed by atoms with Crippen LogP contribution in [0.25, 0.3) is 0 Å². The van der Waals surface area contributed by atoms with E-state index in [1.807, 2.05) is 20.8 Å². The number of ether oxygens (including phenoxy) is 3. The zero-order chi connectivity index (χ0) is 19.8. The van der Waals surface area contributed by atoms with Gasteiger partial charge < -0.3 is 18.6 Å². The first-order chi connectivity index (χ1) is 11.8. The zero-order valence-corrected chi connectivity index (χ0v) is 18.7. The molecule has 0 N–H and O–H groups in total. The first kappa shape index (κ1) is 21.6. The summed E-state index contributed by atoms with van der Waals surface area (Å²) in [6.07, 6.45) is 3.91. The minimum absolute atomic E-state index is 0.0406. The van der Waals surface area contributed by atoms with Gasteiger partial charge in [0.1, 0.15) is 5.60 Å². The number of hydrogen-bond donors (Lipinski definition) is 0. The molecular formula is C20H36O5Si. The van der Waals surface area contributed by atoms with Crippen molar-refractivity contribution in [1.29, 1.82) is 0 Å². The number of hydrogen-bond acceptors (Lipinski definition) is 5. The second-order valence-corrected chi connectivity index (χ2v) is 14.1. The molecule has 2 rings (SSSR count). The van der Waals surface area contributed by atoms with E-state index in [0.29, 0.717) is 19.6 Å². The van der Waals surface area contributed by atoms with Crippen molar-refractivity contribution < 1.29 is 23.4 Å². The van der Waals surface area contributed by atoms with Crippen LogP contribution in [0.1, 0.15) is 60.8 Å². The van der Waals surface area contributed by atoms with E-state index in [2.05, 4.69) is 33.9 Å². The van der Waals surface area contributed by atoms with Gasteiger partial charge in [-0.3, -0.25) is 0 Å². The average molecular weight is 385 g/mol. The Hall–Kier alpha value is -0.693. The normalized spacial score (nSPS) is 29.8. The lowest BCUT2D eigenvalue weighted by Gasteiger charge is -2.38. The molecule has 0 bridgehead atoms. The summed E-state index contributed by atoms with van der Waals surface area (Å²) >= 11 is 0. The monoisotopic (exact) mass is 384 g/mol. The molecule has 0 radical (unpaired) electrons. The summed E-state index contributed by atoms with van der Waals surface area (Å²) in [6, 6.07) is 0. The summed E-state index contributed by atoms with van der Waals surface area (Å²) in [6.45, 7) is 17.9. The predicted octanol–water partition coefficient (Wildman–Crippen LogP) is 4.57. The topological polar surface area (TPSA) is 54.0 Å². The SMILES string of the molecule is CCOC(=O)/C=C1/CC[C@@H]2OC(C)(C)O[C@]12CCO[Si](C)(C)C(C)(C)C. The van der Waals surface area contributed by atoms with E-state index in [4.69, 9.17) is 18.6 Å². The molecule has 0 aromatic rings. The quantitative estimate of drug-likeness (QED) is 0.381. The highest BCUT2D eigenvalue weighted by atomic mass is 28.4. The van der Waals surface area contributed by atoms with Crippen molar-refractivity contribution in [2.24, 2.45) is 0 Å². The summed E-state index contributed by atoms with van der Waals surface area (Å²) in [5.41, 5.74) is 0.392. The van der Waals surface area contributed by atoms with Crippen LogP contribution in [-0.2, 0) is 23.4 Å². The molecule has 2 aliphatic rings. The van der Waals surface area contributed by atoms with Crippen molar-refractivity contribution in [3.63, 3.8) is 0 Å². The van der Waals surface area contributed by atoms with E-state index in [0.717, 1.165) is 18.4 Å². The van der Waals surface area contributed by atoms with Crippen molar-refractivity contribution in [2.45, 2.75) is 96.4 Å². The summed E-state index contributed by atoms with van der Waals surface area (Å²) < 4.78 is 24.0. The van der Waals surface area contributed by atoms with Gasteiger partial charge in [0.25, 0.3) is 0 Å². The molecule has 5 nitrogen and oxygen atoms in total. The van der Waals surface area contributed by atoms with Crippen LogP contribution in [0.3, 0.4) is 0 Å². The lowest BCUT2D eigenvalue weighted by molar-refractivity contribution is -0.162. The Morgan fingerprint density at radius 3 is 2.58 bits per heavy atom. The van der Waals surface area contributed by atoms with Gasteiger partial charge in [0, 0.05) is 19.1 Å². The van der Waals surface area contributed by atoms with Crippen LogP contribution in [0.5, 0.6) is 0 Å². The van der Waals surface area contributed by atoms with Crippen molar-refractivity contribution in [3.05, 3.63) is 11.6 Å². The molecule has 6 heteroatoms. The molecular weight excluding hydrogens is 348 g/mol. The van der Waals surface area contributed by atoms with Gasteiger partial charge in [0.05, 0.1) is 12.7 Å². The maximum atomic E-state index is 12.0. The molecule has 0 aromatic carbocycles. The van der Waals surface area contributed by atoms with Gasteiger partial charge in [-0.2, -0.15) is 0 Å². The van der Waals surface area contributed by atoms with Gasteiger partial charge in [-0.15, -0.1) is 0 Å². The number of rotatable bonds is 6. The Balaban J connectivity index is 2.19. The van der Waals surface area contributed by atoms with Crippen LogP contribution < -0.4 is 0 Å². The fourth-order valence-electron chi connectivity index (χ4n) is 3.60. The maximum absolute atomic E-state index is 12.0. The summed E-state index contributed by atoms with van der Waals surface area (Å²) in [4.78, 5) is 12.0. The Kier molecular flexibility index (Phi) is 6.13. The van der Waals surface area contributed by atoms with Crippen molar-refractivity contribution in [3.8, 4) is 0 Å². The maximum Gasteiger partial charge on any atom is 0.330 e. The number of carbonyl (C=O) groups is 1. The standard InChI is InChI=1S/C20H36O5Si/c1-9-22-17(21)14-15-10-11-16-20(15,25-19(5,6)24-16)12-13-23-26(7,8)18(2,3)4/h14,16H,9-13H2,1-8H3/b15-14-/t16-,20+/m0/s1. The van der Waals surface area contributed by atoms with E-state index in [1.165, 1.54) is 0 Å². The molecule has 0 aromatic heterocycles. The predicted molar refractivity (Wildman–Crippen MR) is 104 cm³/mol. The molecule has 1 heterocycles. The first-order valence-corrected chi connectivity index (χ1v) is 12.6. The minimum Gasteiger partial charge on any atom is -0.463 e. The van der Waals surface area contributed by atoms with E-state index in [1.54, 1.807) is 6.08 Å². The third-order valence-corrected chi connectivity index (χ3v) is 10.5. The van der Waals surface area contributed by atoms with E-state index in [9.17, 15) is 4.79 Å². The van der Waals surface area contributed by atoms with E-state index < -0.39 is 19.7 Å². The van der Waals surface area contributed by atoms with E-state index >= 15 is 0 Å². The third kappa shape index (κ3) is 4.41. The first-order valence-electron chi connectivity index (χ1n) is 9.73. The zero-order valence-electron chi connectivity index (χ0n) is 17.7. The minimum atomic E-state index is -1.83. The van der Waals surface area contributed by atoms with Gasteiger partial charge in [-0.1, -0.05) is 20.8 Å². The largest absolute Gasteiger partial charge is 0.463 e. The summed E-state index contributed by atoms with van der Waals surface area (Å²) in [5, 5.41) is 0.162. The lowest BCUT2D eigenvalue weighted by Crippen LogP contribution is -2.44. The molecule has 2 fully saturated rings. The molecule has 1 saturated heterocycles. The van der Waals surface area contributed by atoms with Crippen LogP contribution in [-0.4, -0.2) is 45.0 Å². The van der Waals surface area contributed by atoms with Crippen LogP contribution >= 0.6 is 0 Å². The Morgan fingerprint density at radius 1 is 1.35 bits per heavy atom. The Morgan fingerprint density at radius 2 is 2.00 bits per heavy atom. The second kappa shape index (κ2) is 7.38. The van der Waals surface area contributed by atoms with Crippen LogP contribution in [0, 0.1) is 0 Å². The van der Waals surface area contributed by atoms with Crippen molar-refractivity contribution in [1.82, 2.24) is 0 Å². The molecule has 0 amide bonds. The van der Waals surface area contributed by atoms with Gasteiger partial charge >= 0.3 is 5.97 Å². The van der Waals surface area contributed by atoms with Gasteiger partial charge in [0.15, 0.2) is 14.1 Å². The number of fused-ring (bicyclic) bond motifs is 1. The summed E-state index contributed by atoms with van der Waals surface area (Å²) in [5.74, 6) is -0.961. The Bertz CT molecular complexity index is 561. The van der Waals surface area contributed by atoms with Crippen LogP contribution in [0.4, 0.5) is 0 Å². The molecule has 0 unspecified atom stereocenters. The van der Waals surface area contributed by atoms with Gasteiger partial charge in [-0.25, -0.2) is 4.79 Å². The third-order valence-electron chi connectivity index (χ3n) is 5.91. The van der Waals surface area contributed by atoms with E-state index in [-0.39, 0.29) is 17.1 Å². The molecule has 1 aliphatic carbocycles. The average Bonchev–Trinajstić information content (AvgIpc) is 2.89. The molecule has 2 atom stereocenters. The fraction of sp³-hybridized carbons (Fsp3) is 0.850. The van der Waals surface area contributed by atoms with Gasteiger partial charge in [-0.05, 0) is 57.3 Å². The smallest absolute Gasteiger partial charge is 0.330 e. The number of esters is 1. The molecule has 26 heavy (non-hydrogen) atoms. The second-order valence-electron chi connectivity index (χ2n) is 9.32. The lowest BCUT2D eigenvalue weighted by atomic mass is 9.91. The Labute approximate surface area is 159 Å². The van der Waals surface area contributed by atoms with Crippen LogP contribution in [0.2, 0.25) is 18.1 Å². The molecule has 0 spiro atoms. The van der Waals surface area contributed by atoms with Crippen molar-refractivity contribution in [2.75, 3.05) is 13.2 Å². The number of carbonyl (C=O) groups excluding carboxylic acids is 1. The highest BCUT2D eigenvalue weighted by Gasteiger charge is 2.58. The molecule has 1 saturated carbocycles. The highest BCUT2D eigenvalue weighted by molar-refractivity contribution is 6.74. The van der Waals surface area contributed by atoms with Crippen LogP contribution in [0.15, 0.2) is 11.6 Å². The highest BCUT2D eigenvalue weighted by Crippen LogP contribution is 2.51. The summed E-state index contributed by atoms with van der Waals surface area (Å²) in [7, 11) is -1.83. The van der Waals surface area contributed by atoms with Gasteiger partial charge in [0.2, 0.25) is 0 Å². The van der Waals surface area contributed by atoms with Crippen molar-refractivity contribution >= 4 is 14.3 Å². The molecule has 1 aliphatic heterocycles. The molecule has 150 valence electrons. The fourth-order valence-corrected chi connectivity index (χ4v) is 4.64.